The zero-order valence-corrected chi connectivity index (χ0v) is 13.3. The van der Waals surface area contributed by atoms with Gasteiger partial charge < -0.3 is 5.73 Å². The zero-order chi connectivity index (χ0) is 13.8. The van der Waals surface area contributed by atoms with Gasteiger partial charge in [0, 0.05) is 23.8 Å². The molecule has 102 valence electrons. The summed E-state index contributed by atoms with van der Waals surface area (Å²) in [4.78, 5) is 7.62. The molecule has 0 radical (unpaired) electrons. The molecule has 0 aliphatic carbocycles. The topological polar surface area (TPSA) is 42.1 Å². The molecule has 1 heterocycles. The van der Waals surface area contributed by atoms with Crippen LogP contribution in [0.2, 0.25) is 0 Å². The molecule has 1 rings (SSSR count). The highest BCUT2D eigenvalue weighted by molar-refractivity contribution is 7.80. The number of hydrogen-bond acceptors (Lipinski definition) is 4. The normalized spacial score (nSPS) is 12.1. The molecule has 0 bridgehead atoms. The second-order valence-corrected chi connectivity index (χ2v) is 6.93. The number of thiocarbonyl (C=S) groups is 1. The maximum atomic E-state index is 5.54. The zero-order valence-electron chi connectivity index (χ0n) is 11.7. The fraction of sp³-hybridized carbons (Fsp3) is 0.692. The molecule has 18 heavy (non-hydrogen) atoms. The van der Waals surface area contributed by atoms with Crippen molar-refractivity contribution in [2.24, 2.45) is 5.73 Å². The average Bonchev–Trinajstić information content (AvgIpc) is 2.71. The Balaban J connectivity index is 2.59. The molecule has 1 aromatic rings. The van der Waals surface area contributed by atoms with Gasteiger partial charge in [-0.3, -0.25) is 4.90 Å². The summed E-state index contributed by atoms with van der Waals surface area (Å²) in [5.74, 6) is 0. The first-order valence-electron chi connectivity index (χ1n) is 6.28. The van der Waals surface area contributed by atoms with Gasteiger partial charge in [0.25, 0.3) is 0 Å². The third-order valence-electron chi connectivity index (χ3n) is 2.80. The van der Waals surface area contributed by atoms with Crippen LogP contribution in [0.1, 0.15) is 44.8 Å². The van der Waals surface area contributed by atoms with Crippen LogP contribution in [0.25, 0.3) is 0 Å². The van der Waals surface area contributed by atoms with Crippen molar-refractivity contribution in [3.8, 4) is 0 Å². The second-order valence-electron chi connectivity index (χ2n) is 5.46. The molecule has 0 saturated carbocycles. The van der Waals surface area contributed by atoms with Gasteiger partial charge in [0.05, 0.1) is 17.2 Å². The van der Waals surface area contributed by atoms with E-state index in [2.05, 4.69) is 38.0 Å². The fourth-order valence-electron chi connectivity index (χ4n) is 1.54. The van der Waals surface area contributed by atoms with Crippen LogP contribution < -0.4 is 5.73 Å². The van der Waals surface area contributed by atoms with Crippen molar-refractivity contribution >= 4 is 28.5 Å². The maximum Gasteiger partial charge on any atom is 0.107 e. The lowest BCUT2D eigenvalue weighted by molar-refractivity contribution is 0.288. The van der Waals surface area contributed by atoms with E-state index in [1.165, 1.54) is 10.7 Å². The smallest absolute Gasteiger partial charge is 0.107 e. The average molecular weight is 285 g/mol. The molecular formula is C13H23N3S2. The lowest BCUT2D eigenvalue weighted by Crippen LogP contribution is -2.27. The van der Waals surface area contributed by atoms with E-state index in [-0.39, 0.29) is 5.41 Å². The molecule has 1 aromatic heterocycles. The third-order valence-corrected chi connectivity index (χ3v) is 3.84. The first-order chi connectivity index (χ1) is 8.32. The third kappa shape index (κ3) is 5.00. The number of nitrogens with zero attached hydrogens (tertiary/aromatic N) is 2. The van der Waals surface area contributed by atoms with E-state index in [1.807, 2.05) is 0 Å². The van der Waals surface area contributed by atoms with Crippen LogP contribution in [0.5, 0.6) is 0 Å². The minimum atomic E-state index is 0.130. The number of thiazole rings is 1. The van der Waals surface area contributed by atoms with Crippen LogP contribution in [-0.2, 0) is 12.0 Å². The monoisotopic (exact) mass is 285 g/mol. The van der Waals surface area contributed by atoms with Crippen LogP contribution in [0, 0.1) is 0 Å². The first kappa shape index (κ1) is 15.5. The second kappa shape index (κ2) is 6.59. The van der Waals surface area contributed by atoms with Crippen molar-refractivity contribution in [2.75, 3.05) is 13.1 Å². The Kier molecular flexibility index (Phi) is 5.69. The number of hydrogen-bond donors (Lipinski definition) is 1. The summed E-state index contributed by atoms with van der Waals surface area (Å²) in [5, 5.41) is 3.33. The summed E-state index contributed by atoms with van der Waals surface area (Å²) in [5.41, 5.74) is 6.85. The van der Waals surface area contributed by atoms with Gasteiger partial charge in [-0.2, -0.15) is 0 Å². The molecule has 0 unspecified atom stereocenters. The van der Waals surface area contributed by atoms with Crippen molar-refractivity contribution < 1.29 is 0 Å². The van der Waals surface area contributed by atoms with E-state index >= 15 is 0 Å². The predicted octanol–water partition coefficient (Wildman–Crippen LogP) is 2.94. The van der Waals surface area contributed by atoms with Crippen molar-refractivity contribution in [3.63, 3.8) is 0 Å². The largest absolute Gasteiger partial charge is 0.393 e. The Bertz CT molecular complexity index is 393. The van der Waals surface area contributed by atoms with Crippen molar-refractivity contribution in [1.29, 1.82) is 0 Å². The summed E-state index contributed by atoms with van der Waals surface area (Å²) in [6.45, 7) is 11.5. The summed E-state index contributed by atoms with van der Waals surface area (Å²) in [7, 11) is 0. The Morgan fingerprint density at radius 2 is 2.17 bits per heavy atom. The highest BCUT2D eigenvalue weighted by Crippen LogP contribution is 2.24. The van der Waals surface area contributed by atoms with Gasteiger partial charge in [-0.15, -0.1) is 11.3 Å². The van der Waals surface area contributed by atoms with Gasteiger partial charge in [-0.1, -0.05) is 39.9 Å². The molecule has 0 fully saturated rings. The lowest BCUT2D eigenvalue weighted by Gasteiger charge is -2.19. The molecule has 0 saturated heterocycles. The summed E-state index contributed by atoms with van der Waals surface area (Å²) < 4.78 is 0. The van der Waals surface area contributed by atoms with Gasteiger partial charge in [-0.05, 0) is 6.54 Å². The molecule has 0 spiro atoms. The first-order valence-corrected chi connectivity index (χ1v) is 7.57. The van der Waals surface area contributed by atoms with Gasteiger partial charge in [0.2, 0.25) is 0 Å². The van der Waals surface area contributed by atoms with Crippen LogP contribution in [0.3, 0.4) is 0 Å². The molecule has 3 nitrogen and oxygen atoms in total. The van der Waals surface area contributed by atoms with Crippen molar-refractivity contribution in [2.45, 2.75) is 46.1 Å². The van der Waals surface area contributed by atoms with E-state index in [0.717, 1.165) is 26.1 Å². The standard InChI is InChI=1S/C13H23N3S2/c1-5-16(7-6-11(14)17)8-12-15-10(9-18-12)13(2,3)4/h9H,5-8H2,1-4H3,(H2,14,17). The molecule has 0 amide bonds. The fourth-order valence-corrected chi connectivity index (χ4v) is 2.69. The summed E-state index contributed by atoms with van der Waals surface area (Å²) in [6.07, 6.45) is 0.778. The molecule has 0 aliphatic heterocycles. The lowest BCUT2D eigenvalue weighted by atomic mass is 9.93. The van der Waals surface area contributed by atoms with Crippen molar-refractivity contribution in [1.82, 2.24) is 9.88 Å². The van der Waals surface area contributed by atoms with Crippen molar-refractivity contribution in [3.05, 3.63) is 16.1 Å². The highest BCUT2D eigenvalue weighted by Gasteiger charge is 2.18. The van der Waals surface area contributed by atoms with Crippen LogP contribution in [0.15, 0.2) is 5.38 Å². The molecule has 0 atom stereocenters. The van der Waals surface area contributed by atoms with E-state index in [9.17, 15) is 0 Å². The Morgan fingerprint density at radius 1 is 1.50 bits per heavy atom. The molecule has 0 aromatic carbocycles. The van der Waals surface area contributed by atoms with Gasteiger partial charge in [0.1, 0.15) is 5.01 Å². The quantitative estimate of drug-likeness (QED) is 0.816. The van der Waals surface area contributed by atoms with Gasteiger partial charge in [0.15, 0.2) is 0 Å². The van der Waals surface area contributed by atoms with E-state index in [0.29, 0.717) is 4.99 Å². The molecule has 2 N–H and O–H groups in total. The molecule has 0 aliphatic rings. The predicted molar refractivity (Wildman–Crippen MR) is 83.2 cm³/mol. The van der Waals surface area contributed by atoms with E-state index < -0.39 is 0 Å². The minimum Gasteiger partial charge on any atom is -0.393 e. The Labute approximate surface area is 119 Å². The Hall–Kier alpha value is -0.520. The van der Waals surface area contributed by atoms with Crippen LogP contribution >= 0.6 is 23.6 Å². The van der Waals surface area contributed by atoms with Crippen LogP contribution in [0.4, 0.5) is 0 Å². The number of nitrogens with two attached hydrogens (primary N) is 1. The summed E-state index contributed by atoms with van der Waals surface area (Å²) in [6, 6.07) is 0. The minimum absolute atomic E-state index is 0.130. The molecular weight excluding hydrogens is 262 g/mol. The van der Waals surface area contributed by atoms with Crippen LogP contribution in [-0.4, -0.2) is 28.0 Å². The maximum absolute atomic E-state index is 5.54. The highest BCUT2D eigenvalue weighted by atomic mass is 32.1. The number of rotatable bonds is 6. The Morgan fingerprint density at radius 3 is 2.61 bits per heavy atom. The number of aromatic nitrogens is 1. The summed E-state index contributed by atoms with van der Waals surface area (Å²) >= 11 is 6.65. The van der Waals surface area contributed by atoms with E-state index in [1.54, 1.807) is 11.3 Å². The van der Waals surface area contributed by atoms with E-state index in [4.69, 9.17) is 22.9 Å². The van der Waals surface area contributed by atoms with Gasteiger partial charge in [-0.25, -0.2) is 4.98 Å². The van der Waals surface area contributed by atoms with Gasteiger partial charge >= 0.3 is 0 Å². The molecule has 5 heteroatoms. The SMILES string of the molecule is CCN(CCC(N)=S)Cc1nc(C(C)(C)C)cs1.